The summed E-state index contributed by atoms with van der Waals surface area (Å²) < 4.78 is 0. The summed E-state index contributed by atoms with van der Waals surface area (Å²) in [6, 6.07) is 7.98. The van der Waals surface area contributed by atoms with E-state index in [2.05, 4.69) is 0 Å². The first-order valence-electron chi connectivity index (χ1n) is 6.30. The van der Waals surface area contributed by atoms with E-state index < -0.39 is 0 Å². The van der Waals surface area contributed by atoms with Crippen LogP contribution in [0.1, 0.15) is 23.7 Å². The van der Waals surface area contributed by atoms with Crippen molar-refractivity contribution in [2.24, 2.45) is 11.7 Å². The van der Waals surface area contributed by atoms with Crippen molar-refractivity contribution < 1.29 is 4.79 Å². The fourth-order valence-corrected chi connectivity index (χ4v) is 2.73. The standard InChI is InChI=1S/C14H20N2OS.ClH/c1-10(15)12-7-8-16(9-12)14(17)11-3-5-13(18-2)6-4-11;/h3-6,10,12H,7-9,15H2,1-2H3;1H. The number of carbonyl (C=O) groups excluding carboxylic acids is 1. The van der Waals surface area contributed by atoms with Gasteiger partial charge in [-0.15, -0.1) is 24.2 Å². The van der Waals surface area contributed by atoms with Crippen LogP contribution < -0.4 is 5.73 Å². The molecule has 0 saturated carbocycles. The molecule has 3 nitrogen and oxygen atoms in total. The molecule has 1 heterocycles. The van der Waals surface area contributed by atoms with E-state index in [1.807, 2.05) is 42.3 Å². The van der Waals surface area contributed by atoms with E-state index in [0.29, 0.717) is 5.92 Å². The summed E-state index contributed by atoms with van der Waals surface area (Å²) in [5.74, 6) is 0.574. The lowest BCUT2D eigenvalue weighted by Crippen LogP contribution is -2.32. The first-order chi connectivity index (χ1) is 8.61. The third kappa shape index (κ3) is 3.88. The summed E-state index contributed by atoms with van der Waals surface area (Å²) in [5, 5.41) is 0. The van der Waals surface area contributed by atoms with Gasteiger partial charge in [0.2, 0.25) is 0 Å². The highest BCUT2D eigenvalue weighted by molar-refractivity contribution is 7.98. The number of amides is 1. The van der Waals surface area contributed by atoms with Gasteiger partial charge in [-0.1, -0.05) is 0 Å². The van der Waals surface area contributed by atoms with Gasteiger partial charge in [0.05, 0.1) is 0 Å². The number of benzene rings is 1. The first-order valence-corrected chi connectivity index (χ1v) is 7.53. The molecule has 2 unspecified atom stereocenters. The Bertz CT molecular complexity index is 422. The monoisotopic (exact) mass is 300 g/mol. The SMILES string of the molecule is CSc1ccc(C(=O)N2CCC(C(C)N)C2)cc1.Cl. The predicted molar refractivity (Wildman–Crippen MR) is 83.1 cm³/mol. The summed E-state index contributed by atoms with van der Waals surface area (Å²) in [6.45, 7) is 3.64. The smallest absolute Gasteiger partial charge is 0.253 e. The number of rotatable bonds is 3. The van der Waals surface area contributed by atoms with Crippen LogP contribution in [-0.2, 0) is 0 Å². The molecule has 1 aromatic carbocycles. The van der Waals surface area contributed by atoms with Gasteiger partial charge in [0, 0.05) is 29.6 Å². The second kappa shape index (κ2) is 7.17. The quantitative estimate of drug-likeness (QED) is 0.873. The number of carbonyl (C=O) groups is 1. The molecule has 2 atom stereocenters. The van der Waals surface area contributed by atoms with Crippen molar-refractivity contribution >= 4 is 30.1 Å². The largest absolute Gasteiger partial charge is 0.338 e. The van der Waals surface area contributed by atoms with Gasteiger partial charge in [-0.3, -0.25) is 4.79 Å². The zero-order chi connectivity index (χ0) is 13.1. The Labute approximate surface area is 125 Å². The lowest BCUT2D eigenvalue weighted by Gasteiger charge is -2.18. The maximum Gasteiger partial charge on any atom is 0.253 e. The molecule has 2 N–H and O–H groups in total. The van der Waals surface area contributed by atoms with Crippen LogP contribution in [0, 0.1) is 5.92 Å². The number of nitrogens with zero attached hydrogens (tertiary/aromatic N) is 1. The van der Waals surface area contributed by atoms with Gasteiger partial charge in [-0.05, 0) is 49.8 Å². The third-order valence-electron chi connectivity index (χ3n) is 3.59. The average molecular weight is 301 g/mol. The van der Waals surface area contributed by atoms with Crippen LogP contribution in [0.5, 0.6) is 0 Å². The van der Waals surface area contributed by atoms with Crippen molar-refractivity contribution in [3.05, 3.63) is 29.8 Å². The average Bonchev–Trinajstić information content (AvgIpc) is 2.88. The molecule has 2 rings (SSSR count). The van der Waals surface area contributed by atoms with Gasteiger partial charge in [-0.2, -0.15) is 0 Å². The van der Waals surface area contributed by atoms with Crippen LogP contribution in [0.15, 0.2) is 29.2 Å². The second-order valence-electron chi connectivity index (χ2n) is 4.89. The Kier molecular flexibility index (Phi) is 6.17. The van der Waals surface area contributed by atoms with Crippen LogP contribution in [0.25, 0.3) is 0 Å². The minimum atomic E-state index is 0. The second-order valence-corrected chi connectivity index (χ2v) is 5.77. The fourth-order valence-electron chi connectivity index (χ4n) is 2.32. The van der Waals surface area contributed by atoms with E-state index in [0.717, 1.165) is 25.1 Å². The maximum absolute atomic E-state index is 12.3. The van der Waals surface area contributed by atoms with E-state index in [9.17, 15) is 4.79 Å². The van der Waals surface area contributed by atoms with Gasteiger partial charge in [0.1, 0.15) is 0 Å². The maximum atomic E-state index is 12.3. The number of halogens is 1. The van der Waals surface area contributed by atoms with Gasteiger partial charge < -0.3 is 10.6 Å². The molecule has 1 amide bonds. The molecule has 106 valence electrons. The topological polar surface area (TPSA) is 46.3 Å². The lowest BCUT2D eigenvalue weighted by molar-refractivity contribution is 0.0786. The van der Waals surface area contributed by atoms with Gasteiger partial charge in [0.15, 0.2) is 0 Å². The normalized spacial score (nSPS) is 19.9. The number of hydrogen-bond donors (Lipinski definition) is 1. The minimum absolute atomic E-state index is 0. The molecular formula is C14H21ClN2OS. The van der Waals surface area contributed by atoms with Crippen molar-refractivity contribution in [2.75, 3.05) is 19.3 Å². The first kappa shape index (κ1) is 16.3. The van der Waals surface area contributed by atoms with Crippen LogP contribution in [-0.4, -0.2) is 36.2 Å². The highest BCUT2D eigenvalue weighted by Crippen LogP contribution is 2.22. The Morgan fingerprint density at radius 3 is 2.53 bits per heavy atom. The highest BCUT2D eigenvalue weighted by Gasteiger charge is 2.28. The van der Waals surface area contributed by atoms with Crippen molar-refractivity contribution in [1.29, 1.82) is 0 Å². The molecule has 1 aliphatic heterocycles. The molecule has 5 heteroatoms. The molecular weight excluding hydrogens is 280 g/mol. The lowest BCUT2D eigenvalue weighted by atomic mass is 10.0. The van der Waals surface area contributed by atoms with E-state index in [1.165, 1.54) is 4.90 Å². The number of thioether (sulfide) groups is 1. The molecule has 1 fully saturated rings. The van der Waals surface area contributed by atoms with Crippen molar-refractivity contribution in [1.82, 2.24) is 4.90 Å². The van der Waals surface area contributed by atoms with Gasteiger partial charge in [0.25, 0.3) is 5.91 Å². The third-order valence-corrected chi connectivity index (χ3v) is 4.34. The Morgan fingerprint density at radius 1 is 1.42 bits per heavy atom. The predicted octanol–water partition coefficient (Wildman–Crippen LogP) is 2.64. The molecule has 1 aromatic rings. The fraction of sp³-hybridized carbons (Fsp3) is 0.500. The Morgan fingerprint density at radius 2 is 2.05 bits per heavy atom. The summed E-state index contributed by atoms with van der Waals surface area (Å²) in [6.07, 6.45) is 3.05. The molecule has 1 aliphatic rings. The van der Waals surface area contributed by atoms with Crippen molar-refractivity contribution in [2.45, 2.75) is 24.3 Å². The summed E-state index contributed by atoms with van der Waals surface area (Å²) in [4.78, 5) is 15.4. The van der Waals surface area contributed by atoms with Gasteiger partial charge >= 0.3 is 0 Å². The van der Waals surface area contributed by atoms with E-state index in [-0.39, 0.29) is 24.4 Å². The van der Waals surface area contributed by atoms with Crippen LogP contribution >= 0.6 is 24.2 Å². The van der Waals surface area contributed by atoms with E-state index >= 15 is 0 Å². The molecule has 0 aromatic heterocycles. The van der Waals surface area contributed by atoms with Crippen LogP contribution in [0.4, 0.5) is 0 Å². The van der Waals surface area contributed by atoms with Gasteiger partial charge in [-0.25, -0.2) is 0 Å². The highest BCUT2D eigenvalue weighted by atomic mass is 35.5. The van der Waals surface area contributed by atoms with E-state index in [4.69, 9.17) is 5.73 Å². The van der Waals surface area contributed by atoms with E-state index in [1.54, 1.807) is 11.8 Å². The molecule has 0 bridgehead atoms. The molecule has 0 radical (unpaired) electrons. The molecule has 19 heavy (non-hydrogen) atoms. The van der Waals surface area contributed by atoms with Crippen LogP contribution in [0.2, 0.25) is 0 Å². The Balaban J connectivity index is 0.00000180. The van der Waals surface area contributed by atoms with Crippen molar-refractivity contribution in [3.8, 4) is 0 Å². The number of likely N-dealkylation sites (tertiary alicyclic amines) is 1. The molecule has 0 aliphatic carbocycles. The summed E-state index contributed by atoms with van der Waals surface area (Å²) in [5.41, 5.74) is 6.67. The molecule has 0 spiro atoms. The summed E-state index contributed by atoms with van der Waals surface area (Å²) >= 11 is 1.68. The zero-order valence-corrected chi connectivity index (χ0v) is 13.0. The minimum Gasteiger partial charge on any atom is -0.338 e. The number of hydrogen-bond acceptors (Lipinski definition) is 3. The summed E-state index contributed by atoms with van der Waals surface area (Å²) in [7, 11) is 0. The van der Waals surface area contributed by atoms with Crippen molar-refractivity contribution in [3.63, 3.8) is 0 Å². The number of nitrogens with two attached hydrogens (primary N) is 1. The Hall–Kier alpha value is -0.710. The van der Waals surface area contributed by atoms with Crippen LogP contribution in [0.3, 0.4) is 0 Å². The zero-order valence-electron chi connectivity index (χ0n) is 11.3. The molecule has 1 saturated heterocycles.